The van der Waals surface area contributed by atoms with E-state index < -0.39 is 0 Å². The van der Waals surface area contributed by atoms with E-state index in [1.54, 1.807) is 24.3 Å². The van der Waals surface area contributed by atoms with E-state index in [2.05, 4.69) is 15.9 Å². The van der Waals surface area contributed by atoms with Gasteiger partial charge in [0.1, 0.15) is 5.82 Å². The van der Waals surface area contributed by atoms with Crippen molar-refractivity contribution in [3.63, 3.8) is 0 Å². The van der Waals surface area contributed by atoms with Gasteiger partial charge < -0.3 is 0 Å². The maximum absolute atomic E-state index is 13.5. The van der Waals surface area contributed by atoms with Crippen LogP contribution < -0.4 is 0 Å². The highest BCUT2D eigenvalue weighted by molar-refractivity contribution is 9.10. The maximum Gasteiger partial charge on any atom is 0.131 e. The molecule has 0 bridgehead atoms. The first-order chi connectivity index (χ1) is 8.20. The Balaban J connectivity index is 2.45. The number of rotatable bonds is 2. The number of benzene rings is 1. The van der Waals surface area contributed by atoms with Crippen LogP contribution in [0.4, 0.5) is 4.39 Å². The molecular formula is C13H7BrFNS. The summed E-state index contributed by atoms with van der Waals surface area (Å²) in [6.45, 7) is 0. The van der Waals surface area contributed by atoms with Crippen molar-refractivity contribution in [2.45, 2.75) is 0 Å². The Morgan fingerprint density at radius 2 is 2.18 bits per heavy atom. The molecule has 1 nitrogen and oxygen atoms in total. The number of hydrogen-bond donors (Lipinski definition) is 0. The van der Waals surface area contributed by atoms with E-state index in [-0.39, 0.29) is 5.82 Å². The quantitative estimate of drug-likeness (QED) is 0.737. The molecule has 2 aromatic rings. The number of allylic oxidation sites excluding steroid dienone is 1. The van der Waals surface area contributed by atoms with Crippen molar-refractivity contribution in [1.82, 2.24) is 0 Å². The van der Waals surface area contributed by atoms with E-state index >= 15 is 0 Å². The molecule has 0 N–H and O–H groups in total. The van der Waals surface area contributed by atoms with Gasteiger partial charge in [0.15, 0.2) is 0 Å². The van der Waals surface area contributed by atoms with Crippen molar-refractivity contribution in [3.05, 3.63) is 56.4 Å². The Morgan fingerprint density at radius 3 is 2.76 bits per heavy atom. The lowest BCUT2D eigenvalue weighted by Gasteiger charge is -1.99. The van der Waals surface area contributed by atoms with E-state index in [0.29, 0.717) is 11.1 Å². The van der Waals surface area contributed by atoms with Crippen LogP contribution in [-0.2, 0) is 0 Å². The standard InChI is InChI=1S/C13H7BrFNS/c14-10-6-11(17-8-10)5-9(7-16)12-3-1-2-4-13(12)15/h1-6,8H. The first kappa shape index (κ1) is 12.0. The van der Waals surface area contributed by atoms with Crippen LogP contribution in [0.25, 0.3) is 11.6 Å². The molecule has 1 aromatic carbocycles. The third-order valence-corrected chi connectivity index (χ3v) is 3.80. The first-order valence-corrected chi connectivity index (χ1v) is 6.48. The van der Waals surface area contributed by atoms with Crippen LogP contribution in [0.5, 0.6) is 0 Å². The van der Waals surface area contributed by atoms with Gasteiger partial charge in [-0.3, -0.25) is 0 Å². The van der Waals surface area contributed by atoms with Crippen molar-refractivity contribution in [3.8, 4) is 6.07 Å². The molecule has 1 heterocycles. The lowest BCUT2D eigenvalue weighted by Crippen LogP contribution is -1.86. The third-order valence-electron chi connectivity index (χ3n) is 2.16. The second-order valence-corrected chi connectivity index (χ2v) is 5.18. The molecular weight excluding hydrogens is 301 g/mol. The molecule has 84 valence electrons. The number of hydrogen-bond acceptors (Lipinski definition) is 2. The van der Waals surface area contributed by atoms with Crippen molar-refractivity contribution in [1.29, 1.82) is 5.26 Å². The SMILES string of the molecule is N#CC(=Cc1cc(Br)cs1)c1ccccc1F. The summed E-state index contributed by atoms with van der Waals surface area (Å²) in [4.78, 5) is 0.914. The number of nitrogens with zero attached hydrogens (tertiary/aromatic N) is 1. The monoisotopic (exact) mass is 307 g/mol. The topological polar surface area (TPSA) is 23.8 Å². The van der Waals surface area contributed by atoms with Crippen molar-refractivity contribution in [2.24, 2.45) is 0 Å². The lowest BCUT2D eigenvalue weighted by molar-refractivity contribution is 0.624. The molecule has 0 aliphatic heterocycles. The highest BCUT2D eigenvalue weighted by Crippen LogP contribution is 2.25. The van der Waals surface area contributed by atoms with Crippen LogP contribution in [-0.4, -0.2) is 0 Å². The molecule has 0 fully saturated rings. The fraction of sp³-hybridized carbons (Fsp3) is 0. The molecule has 17 heavy (non-hydrogen) atoms. The molecule has 0 aliphatic rings. The average molecular weight is 308 g/mol. The van der Waals surface area contributed by atoms with Gasteiger partial charge in [0.05, 0.1) is 11.6 Å². The summed E-state index contributed by atoms with van der Waals surface area (Å²) in [5, 5.41) is 11.0. The summed E-state index contributed by atoms with van der Waals surface area (Å²) in [5.74, 6) is -0.379. The Labute approximate surface area is 111 Å². The number of halogens is 2. The Morgan fingerprint density at radius 1 is 1.41 bits per heavy atom. The van der Waals surface area contributed by atoms with Gasteiger partial charge in [-0.2, -0.15) is 5.26 Å². The van der Waals surface area contributed by atoms with E-state index in [1.807, 2.05) is 17.5 Å². The predicted octanol–water partition coefficient (Wildman–Crippen LogP) is 4.71. The largest absolute Gasteiger partial charge is 0.206 e. The van der Waals surface area contributed by atoms with Crippen LogP contribution in [0.1, 0.15) is 10.4 Å². The smallest absolute Gasteiger partial charge is 0.131 e. The van der Waals surface area contributed by atoms with Gasteiger partial charge in [0, 0.05) is 20.3 Å². The van der Waals surface area contributed by atoms with E-state index in [0.717, 1.165) is 9.35 Å². The van der Waals surface area contributed by atoms with Gasteiger partial charge in [-0.05, 0) is 34.1 Å². The molecule has 0 saturated carbocycles. The summed E-state index contributed by atoms with van der Waals surface area (Å²) < 4.78 is 14.5. The summed E-state index contributed by atoms with van der Waals surface area (Å²) in [6.07, 6.45) is 1.69. The minimum absolute atomic E-state index is 0.331. The highest BCUT2D eigenvalue weighted by Gasteiger charge is 2.07. The van der Waals surface area contributed by atoms with Crippen molar-refractivity contribution < 1.29 is 4.39 Å². The summed E-state index contributed by atoms with van der Waals surface area (Å²) in [5.41, 5.74) is 0.664. The predicted molar refractivity (Wildman–Crippen MR) is 71.9 cm³/mol. The van der Waals surface area contributed by atoms with E-state index in [1.165, 1.54) is 17.4 Å². The minimum Gasteiger partial charge on any atom is -0.206 e. The maximum atomic E-state index is 13.5. The molecule has 0 aliphatic carbocycles. The van der Waals surface area contributed by atoms with Crippen LogP contribution in [0.15, 0.2) is 40.2 Å². The third kappa shape index (κ3) is 2.82. The lowest BCUT2D eigenvalue weighted by atomic mass is 10.1. The van der Waals surface area contributed by atoms with Crippen molar-refractivity contribution >= 4 is 38.9 Å². The summed E-state index contributed by atoms with van der Waals surface area (Å²) >= 11 is 4.84. The molecule has 2 rings (SSSR count). The van der Waals surface area contributed by atoms with Crippen LogP contribution >= 0.6 is 27.3 Å². The zero-order valence-electron chi connectivity index (χ0n) is 8.65. The second kappa shape index (κ2) is 5.26. The van der Waals surface area contributed by atoms with Gasteiger partial charge >= 0.3 is 0 Å². The Kier molecular flexibility index (Phi) is 3.72. The molecule has 0 unspecified atom stereocenters. The van der Waals surface area contributed by atoms with Gasteiger partial charge in [0.25, 0.3) is 0 Å². The molecule has 0 atom stereocenters. The fourth-order valence-corrected chi connectivity index (χ4v) is 2.77. The number of thiophene rings is 1. The number of nitriles is 1. The molecule has 0 amide bonds. The minimum atomic E-state index is -0.379. The second-order valence-electron chi connectivity index (χ2n) is 3.32. The molecule has 0 spiro atoms. The molecule has 0 saturated heterocycles. The Bertz CT molecular complexity index is 610. The summed E-state index contributed by atoms with van der Waals surface area (Å²) in [6, 6.07) is 10.2. The van der Waals surface area contributed by atoms with Crippen molar-refractivity contribution in [2.75, 3.05) is 0 Å². The van der Waals surface area contributed by atoms with Gasteiger partial charge in [-0.15, -0.1) is 11.3 Å². The van der Waals surface area contributed by atoms with Crippen LogP contribution in [0.3, 0.4) is 0 Å². The first-order valence-electron chi connectivity index (χ1n) is 4.81. The van der Waals surface area contributed by atoms with Gasteiger partial charge in [-0.1, -0.05) is 18.2 Å². The highest BCUT2D eigenvalue weighted by atomic mass is 79.9. The molecule has 1 aromatic heterocycles. The van der Waals surface area contributed by atoms with E-state index in [9.17, 15) is 4.39 Å². The average Bonchev–Trinajstić information content (AvgIpc) is 2.73. The van der Waals surface area contributed by atoms with Gasteiger partial charge in [0.2, 0.25) is 0 Å². The zero-order chi connectivity index (χ0) is 12.3. The van der Waals surface area contributed by atoms with Gasteiger partial charge in [-0.25, -0.2) is 4.39 Å². The molecule has 4 heteroatoms. The molecule has 0 radical (unpaired) electrons. The Hall–Kier alpha value is -1.44. The normalized spacial score (nSPS) is 11.2. The van der Waals surface area contributed by atoms with E-state index in [4.69, 9.17) is 5.26 Å². The van der Waals surface area contributed by atoms with Crippen LogP contribution in [0, 0.1) is 17.1 Å². The fourth-order valence-electron chi connectivity index (χ4n) is 1.40. The van der Waals surface area contributed by atoms with Crippen LogP contribution in [0.2, 0.25) is 0 Å². The zero-order valence-corrected chi connectivity index (χ0v) is 11.1. The summed E-state index contributed by atoms with van der Waals surface area (Å²) in [7, 11) is 0.